The van der Waals surface area contributed by atoms with E-state index >= 15 is 0 Å². The van der Waals surface area contributed by atoms with Gasteiger partial charge in [0.2, 0.25) is 11.8 Å². The summed E-state index contributed by atoms with van der Waals surface area (Å²) >= 11 is 0. The van der Waals surface area contributed by atoms with Gasteiger partial charge in [-0.15, -0.1) is 0 Å². The zero-order chi connectivity index (χ0) is 18.1. The van der Waals surface area contributed by atoms with Crippen molar-refractivity contribution in [3.05, 3.63) is 35.9 Å². The summed E-state index contributed by atoms with van der Waals surface area (Å²) in [6.07, 6.45) is 6.28. The van der Waals surface area contributed by atoms with Crippen LogP contribution in [0.5, 0.6) is 0 Å². The molecule has 0 spiro atoms. The fourth-order valence-electron chi connectivity index (χ4n) is 3.35. The third-order valence-electron chi connectivity index (χ3n) is 4.87. The van der Waals surface area contributed by atoms with Crippen LogP contribution in [-0.4, -0.2) is 29.5 Å². The van der Waals surface area contributed by atoms with Crippen LogP contribution in [0.1, 0.15) is 63.5 Å². The Labute approximate surface area is 150 Å². The predicted octanol–water partition coefficient (Wildman–Crippen LogP) is 2.70. The van der Waals surface area contributed by atoms with Crippen LogP contribution in [0.25, 0.3) is 0 Å². The molecule has 0 radical (unpaired) electrons. The monoisotopic (exact) mass is 346 g/mol. The Morgan fingerprint density at radius 2 is 1.84 bits per heavy atom. The number of amides is 2. The van der Waals surface area contributed by atoms with Gasteiger partial charge in [-0.2, -0.15) is 0 Å². The first-order chi connectivity index (χ1) is 12.1. The average Bonchev–Trinajstić information content (AvgIpc) is 2.63. The van der Waals surface area contributed by atoms with Gasteiger partial charge in [0.1, 0.15) is 6.04 Å². The largest absolute Gasteiger partial charge is 0.388 e. The standard InChI is InChI=1S/C20H30N2O3/c1-15(22-19(24)14-16-8-4-2-5-9-16)20(25)21-13-12-18(23)17-10-6-3-7-11-17/h3,6-7,10-11,15-16,18,23H,2,4-5,8-9,12-14H2,1H3,(H,21,25)(H,22,24). The number of nitrogens with one attached hydrogen (secondary N) is 2. The second-order valence-corrected chi connectivity index (χ2v) is 7.00. The second-order valence-electron chi connectivity index (χ2n) is 7.00. The number of benzene rings is 1. The van der Waals surface area contributed by atoms with Crippen LogP contribution < -0.4 is 10.6 Å². The first-order valence-electron chi connectivity index (χ1n) is 9.36. The number of aliphatic hydroxyl groups is 1. The molecule has 0 bridgehead atoms. The van der Waals surface area contributed by atoms with Gasteiger partial charge in [0, 0.05) is 13.0 Å². The molecule has 3 N–H and O–H groups in total. The molecule has 138 valence electrons. The van der Waals surface area contributed by atoms with Crippen molar-refractivity contribution in [3.8, 4) is 0 Å². The summed E-state index contributed by atoms with van der Waals surface area (Å²) in [5, 5.41) is 15.6. The second kappa shape index (κ2) is 10.2. The van der Waals surface area contributed by atoms with Crippen molar-refractivity contribution in [1.82, 2.24) is 10.6 Å². The van der Waals surface area contributed by atoms with Crippen LogP contribution in [0.2, 0.25) is 0 Å². The summed E-state index contributed by atoms with van der Waals surface area (Å²) < 4.78 is 0. The van der Waals surface area contributed by atoms with Gasteiger partial charge in [0.15, 0.2) is 0 Å². The summed E-state index contributed by atoms with van der Waals surface area (Å²) in [5.74, 6) is 0.209. The molecule has 2 atom stereocenters. The summed E-state index contributed by atoms with van der Waals surface area (Å²) in [4.78, 5) is 24.1. The van der Waals surface area contributed by atoms with Gasteiger partial charge in [-0.05, 0) is 37.7 Å². The van der Waals surface area contributed by atoms with Crippen LogP contribution in [0.15, 0.2) is 30.3 Å². The number of carbonyl (C=O) groups excluding carboxylic acids is 2. The molecular formula is C20H30N2O3. The fraction of sp³-hybridized carbons (Fsp3) is 0.600. The van der Waals surface area contributed by atoms with E-state index in [0.717, 1.165) is 18.4 Å². The molecule has 5 heteroatoms. The highest BCUT2D eigenvalue weighted by molar-refractivity contribution is 5.87. The molecule has 5 nitrogen and oxygen atoms in total. The van der Waals surface area contributed by atoms with Crippen LogP contribution >= 0.6 is 0 Å². The molecule has 1 saturated carbocycles. The number of hydrogen-bond acceptors (Lipinski definition) is 3. The number of hydrogen-bond donors (Lipinski definition) is 3. The van der Waals surface area contributed by atoms with Gasteiger partial charge in [-0.3, -0.25) is 9.59 Å². The van der Waals surface area contributed by atoms with E-state index in [-0.39, 0.29) is 11.8 Å². The van der Waals surface area contributed by atoms with Gasteiger partial charge in [-0.25, -0.2) is 0 Å². The summed E-state index contributed by atoms with van der Waals surface area (Å²) in [7, 11) is 0. The Morgan fingerprint density at radius 3 is 2.52 bits per heavy atom. The Morgan fingerprint density at radius 1 is 1.16 bits per heavy atom. The fourth-order valence-corrected chi connectivity index (χ4v) is 3.35. The van der Waals surface area contributed by atoms with Crippen LogP contribution in [0.4, 0.5) is 0 Å². The minimum absolute atomic E-state index is 0.0427. The molecular weight excluding hydrogens is 316 g/mol. The van der Waals surface area contributed by atoms with E-state index in [1.54, 1.807) is 6.92 Å². The minimum atomic E-state index is -0.599. The van der Waals surface area contributed by atoms with E-state index in [1.165, 1.54) is 19.3 Å². The molecule has 1 fully saturated rings. The number of rotatable bonds is 8. The van der Waals surface area contributed by atoms with Crippen LogP contribution in [0.3, 0.4) is 0 Å². The van der Waals surface area contributed by atoms with Crippen molar-refractivity contribution in [2.75, 3.05) is 6.54 Å². The molecule has 0 saturated heterocycles. The maximum atomic E-state index is 12.1. The normalized spacial score (nSPS) is 17.5. The molecule has 25 heavy (non-hydrogen) atoms. The van der Waals surface area contributed by atoms with Crippen LogP contribution in [0, 0.1) is 5.92 Å². The van der Waals surface area contributed by atoms with Gasteiger partial charge < -0.3 is 15.7 Å². The van der Waals surface area contributed by atoms with Gasteiger partial charge in [0.25, 0.3) is 0 Å². The SMILES string of the molecule is CC(NC(=O)CC1CCCCC1)C(=O)NCCC(O)c1ccccc1. The van der Waals surface area contributed by atoms with Crippen molar-refractivity contribution in [2.24, 2.45) is 5.92 Å². The molecule has 1 aliphatic rings. The average molecular weight is 346 g/mol. The maximum Gasteiger partial charge on any atom is 0.242 e. The van der Waals surface area contributed by atoms with Crippen molar-refractivity contribution in [3.63, 3.8) is 0 Å². The molecule has 0 aromatic heterocycles. The first-order valence-corrected chi connectivity index (χ1v) is 9.36. The maximum absolute atomic E-state index is 12.1. The smallest absolute Gasteiger partial charge is 0.242 e. The first kappa shape index (κ1) is 19.4. The van der Waals surface area contributed by atoms with E-state index in [0.29, 0.717) is 25.3 Å². The molecule has 2 rings (SSSR count). The lowest BCUT2D eigenvalue weighted by atomic mass is 9.87. The lowest BCUT2D eigenvalue weighted by Crippen LogP contribution is -2.45. The molecule has 1 aromatic rings. The van der Waals surface area contributed by atoms with Gasteiger partial charge in [-0.1, -0.05) is 49.6 Å². The number of carbonyl (C=O) groups is 2. The van der Waals surface area contributed by atoms with Crippen LogP contribution in [-0.2, 0) is 9.59 Å². The lowest BCUT2D eigenvalue weighted by molar-refractivity contribution is -0.129. The van der Waals surface area contributed by atoms with Gasteiger partial charge in [0.05, 0.1) is 6.10 Å². The molecule has 0 aliphatic heterocycles. The van der Waals surface area contributed by atoms with Crippen molar-refractivity contribution < 1.29 is 14.7 Å². The highest BCUT2D eigenvalue weighted by Crippen LogP contribution is 2.26. The predicted molar refractivity (Wildman–Crippen MR) is 97.8 cm³/mol. The molecule has 1 aliphatic carbocycles. The van der Waals surface area contributed by atoms with E-state index in [9.17, 15) is 14.7 Å². The zero-order valence-corrected chi connectivity index (χ0v) is 15.0. The Bertz CT molecular complexity index is 541. The van der Waals surface area contributed by atoms with Crippen molar-refractivity contribution in [2.45, 2.75) is 64.0 Å². The summed E-state index contributed by atoms with van der Waals surface area (Å²) in [6.45, 7) is 2.07. The van der Waals surface area contributed by atoms with Crippen molar-refractivity contribution in [1.29, 1.82) is 0 Å². The van der Waals surface area contributed by atoms with E-state index in [4.69, 9.17) is 0 Å². The van der Waals surface area contributed by atoms with E-state index in [2.05, 4.69) is 10.6 Å². The lowest BCUT2D eigenvalue weighted by Gasteiger charge is -2.22. The molecule has 2 amide bonds. The molecule has 0 heterocycles. The highest BCUT2D eigenvalue weighted by atomic mass is 16.3. The van der Waals surface area contributed by atoms with Gasteiger partial charge >= 0.3 is 0 Å². The Balaban J connectivity index is 1.64. The third kappa shape index (κ3) is 6.86. The molecule has 2 unspecified atom stereocenters. The molecule has 1 aromatic carbocycles. The Hall–Kier alpha value is -1.88. The van der Waals surface area contributed by atoms with E-state index in [1.807, 2.05) is 30.3 Å². The summed E-state index contributed by atoms with van der Waals surface area (Å²) in [5.41, 5.74) is 0.839. The zero-order valence-electron chi connectivity index (χ0n) is 15.0. The topological polar surface area (TPSA) is 78.4 Å². The highest BCUT2D eigenvalue weighted by Gasteiger charge is 2.20. The summed E-state index contributed by atoms with van der Waals surface area (Å²) in [6, 6.07) is 8.82. The minimum Gasteiger partial charge on any atom is -0.388 e. The Kier molecular flexibility index (Phi) is 7.92. The quantitative estimate of drug-likeness (QED) is 0.677. The third-order valence-corrected chi connectivity index (χ3v) is 4.87. The van der Waals surface area contributed by atoms with Crippen molar-refractivity contribution >= 4 is 11.8 Å². The number of aliphatic hydroxyl groups excluding tert-OH is 1. The van der Waals surface area contributed by atoms with E-state index < -0.39 is 12.1 Å².